The molecule has 0 radical (unpaired) electrons. The first kappa shape index (κ1) is 21.3. The van der Waals surface area contributed by atoms with Crippen LogP contribution in [0.1, 0.15) is 30.0 Å². The normalized spacial score (nSPS) is 16.8. The molecule has 1 saturated heterocycles. The van der Waals surface area contributed by atoms with E-state index in [4.69, 9.17) is 4.74 Å². The van der Waals surface area contributed by atoms with Crippen molar-refractivity contribution >= 4 is 5.91 Å². The zero-order valence-electron chi connectivity index (χ0n) is 17.9. The Hall–Kier alpha value is -2.37. The number of nitrogens with one attached hydrogen (secondary N) is 1. The Balaban J connectivity index is 1.49. The highest BCUT2D eigenvalue weighted by atomic mass is 16.5. The van der Waals surface area contributed by atoms with E-state index in [1.807, 2.05) is 31.2 Å². The van der Waals surface area contributed by atoms with Crippen molar-refractivity contribution in [3.63, 3.8) is 0 Å². The minimum Gasteiger partial charge on any atom is -0.497 e. The molecule has 3 rings (SSSR count). The molecule has 1 heterocycles. The third-order valence-corrected chi connectivity index (χ3v) is 5.81. The van der Waals surface area contributed by atoms with E-state index >= 15 is 0 Å². The molecule has 1 fully saturated rings. The fourth-order valence-corrected chi connectivity index (χ4v) is 3.85. The average Bonchev–Trinajstić information content (AvgIpc) is 2.99. The van der Waals surface area contributed by atoms with Crippen molar-refractivity contribution in [3.8, 4) is 5.75 Å². The van der Waals surface area contributed by atoms with Crippen LogP contribution in [0, 0.1) is 6.92 Å². The van der Waals surface area contributed by atoms with Gasteiger partial charge in [-0.2, -0.15) is 0 Å². The summed E-state index contributed by atoms with van der Waals surface area (Å²) in [6, 6.07) is 16.3. The number of hydrogen-bond donors (Lipinski definition) is 1. The summed E-state index contributed by atoms with van der Waals surface area (Å²) in [7, 11) is 1.65. The maximum absolute atomic E-state index is 12.7. The molecular weight excluding hydrogens is 362 g/mol. The SMILES string of the molecule is COc1cccc(CNC(=O)C(C)N2CCCN(Cc3ccccc3C)CC2)c1. The van der Waals surface area contributed by atoms with E-state index in [0.717, 1.165) is 50.5 Å². The summed E-state index contributed by atoms with van der Waals surface area (Å²) in [6.45, 7) is 9.62. The molecule has 0 saturated carbocycles. The van der Waals surface area contributed by atoms with Crippen molar-refractivity contribution in [2.75, 3.05) is 33.3 Å². The molecule has 1 unspecified atom stereocenters. The van der Waals surface area contributed by atoms with Crippen molar-refractivity contribution < 1.29 is 9.53 Å². The van der Waals surface area contributed by atoms with E-state index < -0.39 is 0 Å². The topological polar surface area (TPSA) is 44.8 Å². The van der Waals surface area contributed by atoms with Gasteiger partial charge in [-0.15, -0.1) is 0 Å². The van der Waals surface area contributed by atoms with Gasteiger partial charge in [0.1, 0.15) is 5.75 Å². The summed E-state index contributed by atoms with van der Waals surface area (Å²) in [6.07, 6.45) is 1.08. The fourth-order valence-electron chi connectivity index (χ4n) is 3.85. The zero-order valence-corrected chi connectivity index (χ0v) is 17.9. The van der Waals surface area contributed by atoms with E-state index in [-0.39, 0.29) is 11.9 Å². The molecule has 0 aromatic heterocycles. The molecule has 2 aromatic rings. The molecule has 156 valence electrons. The van der Waals surface area contributed by atoms with Gasteiger partial charge in [0.25, 0.3) is 0 Å². The number of carbonyl (C=O) groups excluding carboxylic acids is 1. The number of rotatable bonds is 7. The zero-order chi connectivity index (χ0) is 20.6. The summed E-state index contributed by atoms with van der Waals surface area (Å²) in [4.78, 5) is 17.5. The second kappa shape index (κ2) is 10.4. The minimum absolute atomic E-state index is 0.0835. The Morgan fingerprint density at radius 3 is 2.72 bits per heavy atom. The number of carbonyl (C=O) groups is 1. The van der Waals surface area contributed by atoms with E-state index in [1.165, 1.54) is 11.1 Å². The molecule has 5 heteroatoms. The van der Waals surface area contributed by atoms with Crippen LogP contribution in [0.4, 0.5) is 0 Å². The number of nitrogens with zero attached hydrogens (tertiary/aromatic N) is 2. The van der Waals surface area contributed by atoms with E-state index in [0.29, 0.717) is 6.54 Å². The van der Waals surface area contributed by atoms with Crippen LogP contribution < -0.4 is 10.1 Å². The lowest BCUT2D eigenvalue weighted by Gasteiger charge is -2.27. The molecule has 5 nitrogen and oxygen atoms in total. The van der Waals surface area contributed by atoms with Crippen LogP contribution in [0.2, 0.25) is 0 Å². The molecule has 0 spiro atoms. The average molecular weight is 396 g/mol. The Morgan fingerprint density at radius 1 is 1.10 bits per heavy atom. The molecule has 0 bridgehead atoms. The van der Waals surface area contributed by atoms with Crippen molar-refractivity contribution in [3.05, 3.63) is 65.2 Å². The standard InChI is InChI=1S/C24H33N3O2/c1-19-8-4-5-10-22(19)18-26-12-7-13-27(15-14-26)20(2)24(28)25-17-21-9-6-11-23(16-21)29-3/h4-6,8-11,16,20H,7,12-15,17-18H2,1-3H3,(H,25,28). The van der Waals surface area contributed by atoms with Crippen molar-refractivity contribution in [2.45, 2.75) is 39.4 Å². The highest BCUT2D eigenvalue weighted by Crippen LogP contribution is 2.15. The first-order chi connectivity index (χ1) is 14.1. The van der Waals surface area contributed by atoms with Crippen LogP contribution >= 0.6 is 0 Å². The first-order valence-corrected chi connectivity index (χ1v) is 10.5. The van der Waals surface area contributed by atoms with Gasteiger partial charge in [-0.25, -0.2) is 0 Å². The van der Waals surface area contributed by atoms with Gasteiger partial charge in [-0.3, -0.25) is 14.6 Å². The molecular formula is C24H33N3O2. The monoisotopic (exact) mass is 395 g/mol. The van der Waals surface area contributed by atoms with Gasteiger partial charge in [0.2, 0.25) is 5.91 Å². The molecule has 0 aliphatic carbocycles. The molecule has 1 atom stereocenters. The van der Waals surface area contributed by atoms with Crippen molar-refractivity contribution in [1.29, 1.82) is 0 Å². The molecule has 1 aliphatic heterocycles. The highest BCUT2D eigenvalue weighted by Gasteiger charge is 2.24. The van der Waals surface area contributed by atoms with Crippen LogP contribution in [0.5, 0.6) is 5.75 Å². The predicted molar refractivity (Wildman–Crippen MR) is 117 cm³/mol. The van der Waals surface area contributed by atoms with Gasteiger partial charge in [0.05, 0.1) is 13.2 Å². The Kier molecular flexibility index (Phi) is 7.67. The van der Waals surface area contributed by atoms with Crippen molar-refractivity contribution in [1.82, 2.24) is 15.1 Å². The number of benzene rings is 2. The van der Waals surface area contributed by atoms with Gasteiger partial charge in [0, 0.05) is 32.7 Å². The number of aryl methyl sites for hydroxylation is 1. The third kappa shape index (κ3) is 6.05. The predicted octanol–water partition coefficient (Wildman–Crippen LogP) is 3.22. The Labute approximate surface area is 174 Å². The lowest BCUT2D eigenvalue weighted by atomic mass is 10.1. The molecule has 1 amide bonds. The van der Waals surface area contributed by atoms with Crippen LogP contribution in [0.25, 0.3) is 0 Å². The van der Waals surface area contributed by atoms with Gasteiger partial charge >= 0.3 is 0 Å². The van der Waals surface area contributed by atoms with E-state index in [1.54, 1.807) is 7.11 Å². The van der Waals surface area contributed by atoms with Gasteiger partial charge < -0.3 is 10.1 Å². The van der Waals surface area contributed by atoms with Crippen LogP contribution in [-0.2, 0) is 17.9 Å². The second-order valence-corrected chi connectivity index (χ2v) is 7.84. The molecule has 2 aromatic carbocycles. The Morgan fingerprint density at radius 2 is 1.93 bits per heavy atom. The summed E-state index contributed by atoms with van der Waals surface area (Å²) >= 11 is 0. The maximum atomic E-state index is 12.7. The summed E-state index contributed by atoms with van der Waals surface area (Å²) in [5.41, 5.74) is 3.79. The summed E-state index contributed by atoms with van der Waals surface area (Å²) in [5, 5.41) is 3.08. The van der Waals surface area contributed by atoms with Crippen LogP contribution in [0.15, 0.2) is 48.5 Å². The number of amides is 1. The molecule has 1 aliphatic rings. The largest absolute Gasteiger partial charge is 0.497 e. The lowest BCUT2D eigenvalue weighted by molar-refractivity contribution is -0.126. The number of methoxy groups -OCH3 is 1. The van der Waals surface area contributed by atoms with Crippen molar-refractivity contribution in [2.24, 2.45) is 0 Å². The van der Waals surface area contributed by atoms with Crippen LogP contribution in [-0.4, -0.2) is 55.0 Å². The van der Waals surface area contributed by atoms with E-state index in [9.17, 15) is 4.79 Å². The minimum atomic E-state index is -0.126. The maximum Gasteiger partial charge on any atom is 0.237 e. The fraction of sp³-hybridized carbons (Fsp3) is 0.458. The highest BCUT2D eigenvalue weighted by molar-refractivity contribution is 5.81. The summed E-state index contributed by atoms with van der Waals surface area (Å²) < 4.78 is 5.25. The molecule has 1 N–H and O–H groups in total. The van der Waals surface area contributed by atoms with Gasteiger partial charge in [-0.1, -0.05) is 36.4 Å². The smallest absolute Gasteiger partial charge is 0.237 e. The van der Waals surface area contributed by atoms with Gasteiger partial charge in [0.15, 0.2) is 0 Å². The van der Waals surface area contributed by atoms with Crippen LogP contribution in [0.3, 0.4) is 0 Å². The van der Waals surface area contributed by atoms with Gasteiger partial charge in [-0.05, 0) is 55.6 Å². The number of ether oxygens (including phenoxy) is 1. The lowest BCUT2D eigenvalue weighted by Crippen LogP contribution is -2.46. The first-order valence-electron chi connectivity index (χ1n) is 10.5. The quantitative estimate of drug-likeness (QED) is 0.782. The summed E-state index contributed by atoms with van der Waals surface area (Å²) in [5.74, 6) is 0.895. The third-order valence-electron chi connectivity index (χ3n) is 5.81. The number of hydrogen-bond acceptors (Lipinski definition) is 4. The Bertz CT molecular complexity index is 808. The second-order valence-electron chi connectivity index (χ2n) is 7.84. The molecule has 29 heavy (non-hydrogen) atoms. The van der Waals surface area contributed by atoms with E-state index in [2.05, 4.69) is 46.3 Å².